The molecule has 0 saturated heterocycles. The maximum Gasteiger partial charge on any atom is 0.407 e. The van der Waals surface area contributed by atoms with Crippen LogP contribution in [-0.2, 0) is 25.2 Å². The Hall–Kier alpha value is -2.30. The number of amides is 1. The first-order valence-corrected chi connectivity index (χ1v) is 8.32. The fourth-order valence-corrected chi connectivity index (χ4v) is 2.13. The van der Waals surface area contributed by atoms with E-state index in [-0.39, 0.29) is 18.6 Å². The van der Waals surface area contributed by atoms with E-state index in [1.165, 1.54) is 5.56 Å². The van der Waals surface area contributed by atoms with E-state index in [4.69, 9.17) is 9.47 Å². The molecule has 25 heavy (non-hydrogen) atoms. The molecule has 1 aromatic rings. The summed E-state index contributed by atoms with van der Waals surface area (Å²) in [5.41, 5.74) is 1.93. The number of carbonyl (C=O) groups is 2. The highest BCUT2D eigenvalue weighted by atomic mass is 16.6. The molecule has 0 aliphatic rings. The molecule has 0 atom stereocenters. The minimum Gasteiger partial charge on any atom is -0.459 e. The molecule has 0 saturated carbocycles. The molecule has 0 aromatic heterocycles. The van der Waals surface area contributed by atoms with Gasteiger partial charge in [0, 0.05) is 5.57 Å². The number of hydrogen-bond donors (Lipinski definition) is 1. The second-order valence-electron chi connectivity index (χ2n) is 7.63. The van der Waals surface area contributed by atoms with Crippen LogP contribution in [0.25, 0.3) is 0 Å². The van der Waals surface area contributed by atoms with Crippen molar-refractivity contribution in [1.29, 1.82) is 0 Å². The Labute approximate surface area is 150 Å². The van der Waals surface area contributed by atoms with Gasteiger partial charge in [0.05, 0.1) is 5.54 Å². The van der Waals surface area contributed by atoms with Crippen LogP contribution in [0.15, 0.2) is 36.4 Å². The molecule has 0 unspecified atom stereocenters. The summed E-state index contributed by atoms with van der Waals surface area (Å²) < 4.78 is 9.95. The molecule has 0 aliphatic carbocycles. The lowest BCUT2D eigenvalue weighted by molar-refractivity contribution is -0.139. The zero-order valence-electron chi connectivity index (χ0n) is 16.1. The van der Waals surface area contributed by atoms with Crippen molar-refractivity contribution < 1.29 is 19.1 Å². The van der Waals surface area contributed by atoms with E-state index in [9.17, 15) is 9.59 Å². The van der Waals surface area contributed by atoms with Crippen molar-refractivity contribution in [2.24, 2.45) is 0 Å². The molecule has 1 N–H and O–H groups in total. The zero-order valence-corrected chi connectivity index (χ0v) is 16.1. The number of rotatable bonds is 6. The van der Waals surface area contributed by atoms with Gasteiger partial charge in [-0.1, -0.05) is 51.6 Å². The molecule has 0 radical (unpaired) electrons. The van der Waals surface area contributed by atoms with Crippen LogP contribution in [-0.4, -0.2) is 25.3 Å². The quantitative estimate of drug-likeness (QED) is 0.479. The Morgan fingerprint density at radius 3 is 2.16 bits per heavy atom. The van der Waals surface area contributed by atoms with Gasteiger partial charge in [-0.05, 0) is 37.3 Å². The van der Waals surface area contributed by atoms with Crippen molar-refractivity contribution in [3.63, 3.8) is 0 Å². The second-order valence-corrected chi connectivity index (χ2v) is 7.63. The normalized spacial score (nSPS) is 11.6. The highest BCUT2D eigenvalue weighted by Crippen LogP contribution is 2.27. The lowest BCUT2D eigenvalue weighted by Crippen LogP contribution is -2.41. The van der Waals surface area contributed by atoms with E-state index in [0.717, 1.165) is 5.56 Å². The van der Waals surface area contributed by atoms with Crippen molar-refractivity contribution in [3.05, 3.63) is 47.5 Å². The summed E-state index contributed by atoms with van der Waals surface area (Å²) in [5.74, 6) is -0.497. The Bertz CT molecular complexity index is 641. The Balaban J connectivity index is 2.61. The molecule has 0 aliphatic heterocycles. The number of benzene rings is 1. The van der Waals surface area contributed by atoms with Crippen molar-refractivity contribution in [1.82, 2.24) is 5.32 Å². The van der Waals surface area contributed by atoms with Gasteiger partial charge in [0.15, 0.2) is 0 Å². The van der Waals surface area contributed by atoms with Gasteiger partial charge in [-0.3, -0.25) is 0 Å². The fourth-order valence-electron chi connectivity index (χ4n) is 2.13. The number of nitrogens with one attached hydrogen (secondary N) is 1. The third-order valence-electron chi connectivity index (χ3n) is 3.76. The third kappa shape index (κ3) is 6.61. The van der Waals surface area contributed by atoms with Gasteiger partial charge in [0.25, 0.3) is 0 Å². The van der Waals surface area contributed by atoms with Crippen LogP contribution in [0.5, 0.6) is 0 Å². The average molecular weight is 347 g/mol. The zero-order chi connectivity index (χ0) is 19.3. The van der Waals surface area contributed by atoms with Crippen molar-refractivity contribution >= 4 is 12.1 Å². The predicted octanol–water partition coefficient (Wildman–Crippen LogP) is 4.06. The molecule has 1 aromatic carbocycles. The molecule has 0 fully saturated rings. The van der Waals surface area contributed by atoms with Crippen LogP contribution in [0.1, 0.15) is 52.7 Å². The summed E-state index contributed by atoms with van der Waals surface area (Å²) in [6, 6.07) is 8.13. The molecule has 1 amide bonds. The summed E-state index contributed by atoms with van der Waals surface area (Å²) in [7, 11) is 0. The summed E-state index contributed by atoms with van der Waals surface area (Å²) >= 11 is 0. The predicted molar refractivity (Wildman–Crippen MR) is 98.4 cm³/mol. The molecular weight excluding hydrogens is 318 g/mol. The summed E-state index contributed by atoms with van der Waals surface area (Å²) in [6.07, 6.45) is -0.558. The van der Waals surface area contributed by atoms with Gasteiger partial charge in [-0.25, -0.2) is 9.59 Å². The molecule has 0 heterocycles. The monoisotopic (exact) mass is 347 g/mol. The third-order valence-corrected chi connectivity index (χ3v) is 3.76. The SMILES string of the molecule is C=C(C)C(=O)OCCOC(=O)NC(C)(C)c1cccc(C(C)(C)C)c1. The highest BCUT2D eigenvalue weighted by molar-refractivity contribution is 5.86. The maximum absolute atomic E-state index is 12.0. The van der Waals surface area contributed by atoms with Crippen LogP contribution in [0.4, 0.5) is 4.79 Å². The minimum absolute atomic E-state index is 0.000941. The number of carbonyl (C=O) groups excluding carboxylic acids is 2. The first-order chi connectivity index (χ1) is 11.4. The van der Waals surface area contributed by atoms with E-state index in [2.05, 4.69) is 44.8 Å². The maximum atomic E-state index is 12.0. The van der Waals surface area contributed by atoms with Crippen molar-refractivity contribution in [3.8, 4) is 0 Å². The van der Waals surface area contributed by atoms with Gasteiger partial charge < -0.3 is 14.8 Å². The first kappa shape index (κ1) is 20.7. The van der Waals surface area contributed by atoms with E-state index >= 15 is 0 Å². The molecule has 0 spiro atoms. The summed E-state index contributed by atoms with van der Waals surface area (Å²) in [5, 5.41) is 2.84. The van der Waals surface area contributed by atoms with Crippen molar-refractivity contribution in [2.45, 2.75) is 52.5 Å². The Morgan fingerprint density at radius 2 is 1.60 bits per heavy atom. The van der Waals surface area contributed by atoms with Gasteiger partial charge >= 0.3 is 12.1 Å². The van der Waals surface area contributed by atoms with Crippen molar-refractivity contribution in [2.75, 3.05) is 13.2 Å². The van der Waals surface area contributed by atoms with E-state index in [0.29, 0.717) is 5.57 Å². The molecular formula is C20H29NO4. The van der Waals surface area contributed by atoms with E-state index in [1.54, 1.807) is 6.92 Å². The number of ether oxygens (including phenoxy) is 2. The van der Waals surface area contributed by atoms with E-state index < -0.39 is 17.6 Å². The van der Waals surface area contributed by atoms with Crippen LogP contribution >= 0.6 is 0 Å². The minimum atomic E-state index is -0.591. The number of esters is 1. The largest absolute Gasteiger partial charge is 0.459 e. The topological polar surface area (TPSA) is 64.6 Å². The molecule has 1 rings (SSSR count). The van der Waals surface area contributed by atoms with Crippen LogP contribution < -0.4 is 5.32 Å². The summed E-state index contributed by atoms with van der Waals surface area (Å²) in [6.45, 7) is 15.3. The highest BCUT2D eigenvalue weighted by Gasteiger charge is 2.25. The van der Waals surface area contributed by atoms with E-state index in [1.807, 2.05) is 26.0 Å². The summed E-state index contributed by atoms with van der Waals surface area (Å²) in [4.78, 5) is 23.2. The van der Waals surface area contributed by atoms with Crippen LogP contribution in [0.3, 0.4) is 0 Å². The average Bonchev–Trinajstić information content (AvgIpc) is 2.50. The Morgan fingerprint density at radius 1 is 1.04 bits per heavy atom. The van der Waals surface area contributed by atoms with Crippen LogP contribution in [0.2, 0.25) is 0 Å². The molecule has 5 heteroatoms. The number of alkyl carbamates (subject to hydrolysis) is 1. The van der Waals surface area contributed by atoms with Gasteiger partial charge in [0.1, 0.15) is 13.2 Å². The lowest BCUT2D eigenvalue weighted by Gasteiger charge is -2.28. The Kier molecular flexibility index (Phi) is 6.79. The van der Waals surface area contributed by atoms with Crippen LogP contribution in [0, 0.1) is 0 Å². The molecule has 138 valence electrons. The lowest BCUT2D eigenvalue weighted by atomic mass is 9.83. The van der Waals surface area contributed by atoms with Gasteiger partial charge in [0.2, 0.25) is 0 Å². The second kappa shape index (κ2) is 8.19. The standard InChI is InChI=1S/C20H29NO4/c1-14(2)17(22)24-11-12-25-18(23)21-20(6,7)16-10-8-9-15(13-16)19(3,4)5/h8-10,13H,1,11-12H2,2-7H3,(H,21,23). The number of hydrogen-bond acceptors (Lipinski definition) is 4. The molecule has 5 nitrogen and oxygen atoms in total. The molecule has 0 bridgehead atoms. The van der Waals surface area contributed by atoms with Gasteiger partial charge in [-0.2, -0.15) is 0 Å². The van der Waals surface area contributed by atoms with Gasteiger partial charge in [-0.15, -0.1) is 0 Å². The first-order valence-electron chi connectivity index (χ1n) is 8.32. The fraction of sp³-hybridized carbons (Fsp3) is 0.500. The smallest absolute Gasteiger partial charge is 0.407 e.